The second-order valence-corrected chi connectivity index (χ2v) is 5.90. The Balaban J connectivity index is 2.08. The van der Waals surface area contributed by atoms with Crippen molar-refractivity contribution in [1.82, 2.24) is 5.32 Å². The number of amides is 1. The van der Waals surface area contributed by atoms with Gasteiger partial charge in [-0.2, -0.15) is 0 Å². The van der Waals surface area contributed by atoms with E-state index in [-0.39, 0.29) is 11.9 Å². The monoisotopic (exact) mass is 315 g/mol. The number of carbonyl (C=O) groups excluding carboxylic acids is 2. The molecule has 1 amide bonds. The van der Waals surface area contributed by atoms with Gasteiger partial charge in [0, 0.05) is 23.9 Å². The van der Waals surface area contributed by atoms with Crippen molar-refractivity contribution in [2.24, 2.45) is 0 Å². The topological polar surface area (TPSA) is 55.4 Å². The van der Waals surface area contributed by atoms with Crippen molar-refractivity contribution in [2.45, 2.75) is 25.7 Å². The van der Waals surface area contributed by atoms with Crippen molar-refractivity contribution in [3.8, 4) is 0 Å². The first kappa shape index (κ1) is 16.7. The molecular weight excluding hydrogens is 298 g/mol. The molecule has 0 aromatic carbocycles. The number of unbranched alkanes of at least 4 members (excludes halogenated alkanes) is 2. The van der Waals surface area contributed by atoms with E-state index in [1.165, 1.54) is 24.5 Å². The number of nitrogens with one attached hydrogen (secondary N) is 1. The van der Waals surface area contributed by atoms with Crippen molar-refractivity contribution in [2.75, 3.05) is 13.7 Å². The van der Waals surface area contributed by atoms with Crippen LogP contribution < -0.4 is 5.32 Å². The number of carbonyl (C=O) groups is 2. The normalized spacial score (nSPS) is 10.7. The van der Waals surface area contributed by atoms with Crippen molar-refractivity contribution in [3.63, 3.8) is 0 Å². The van der Waals surface area contributed by atoms with Gasteiger partial charge < -0.3 is 10.1 Å². The van der Waals surface area contributed by atoms with Crippen LogP contribution in [0.3, 0.4) is 0 Å². The Morgan fingerprint density at radius 2 is 2.15 bits per heavy atom. The Labute approximate surface area is 127 Å². The molecule has 4 nitrogen and oxygen atoms in total. The molecule has 0 unspecified atom stereocenters. The fourth-order valence-electron chi connectivity index (χ4n) is 1.52. The third-order valence-corrected chi connectivity index (χ3v) is 3.77. The minimum atomic E-state index is -0.188. The highest BCUT2D eigenvalue weighted by Crippen LogP contribution is 2.22. The van der Waals surface area contributed by atoms with E-state index >= 15 is 0 Å². The fraction of sp³-hybridized carbons (Fsp3) is 0.429. The van der Waals surface area contributed by atoms with Crippen LogP contribution in [0.5, 0.6) is 0 Å². The van der Waals surface area contributed by atoms with E-state index in [4.69, 9.17) is 11.6 Å². The summed E-state index contributed by atoms with van der Waals surface area (Å²) in [6, 6.07) is 3.66. The van der Waals surface area contributed by atoms with Crippen LogP contribution in [0.4, 0.5) is 0 Å². The molecule has 1 heterocycles. The zero-order chi connectivity index (χ0) is 14.8. The van der Waals surface area contributed by atoms with E-state index in [1.54, 1.807) is 12.1 Å². The largest absolute Gasteiger partial charge is 0.469 e. The summed E-state index contributed by atoms with van der Waals surface area (Å²) in [6.07, 6.45) is 6.19. The summed E-state index contributed by atoms with van der Waals surface area (Å²) in [7, 11) is 1.38. The molecule has 1 rings (SSSR count). The standard InChI is InChI=1S/C14H18ClNO3S/c1-19-14(18)5-3-2-4-10-16-13(17)9-7-11-6-8-12(15)20-11/h6-9H,2-5,10H2,1H3,(H,16,17)/b9-7+. The Morgan fingerprint density at radius 1 is 1.35 bits per heavy atom. The zero-order valence-corrected chi connectivity index (χ0v) is 12.9. The van der Waals surface area contributed by atoms with Gasteiger partial charge in [0.15, 0.2) is 0 Å². The van der Waals surface area contributed by atoms with E-state index in [0.717, 1.165) is 24.1 Å². The van der Waals surface area contributed by atoms with Gasteiger partial charge in [0.25, 0.3) is 0 Å². The van der Waals surface area contributed by atoms with E-state index < -0.39 is 0 Å². The predicted molar refractivity (Wildman–Crippen MR) is 81.9 cm³/mol. The molecule has 110 valence electrons. The molecular formula is C14H18ClNO3S. The van der Waals surface area contributed by atoms with E-state index in [2.05, 4.69) is 10.1 Å². The van der Waals surface area contributed by atoms with Crippen LogP contribution in [0.1, 0.15) is 30.6 Å². The first-order chi connectivity index (χ1) is 9.61. The Hall–Kier alpha value is -1.33. The van der Waals surface area contributed by atoms with Gasteiger partial charge >= 0.3 is 5.97 Å². The summed E-state index contributed by atoms with van der Waals surface area (Å²) in [5.74, 6) is -0.311. The van der Waals surface area contributed by atoms with Gasteiger partial charge in [-0.05, 0) is 31.1 Å². The van der Waals surface area contributed by atoms with Crippen LogP contribution in [0.2, 0.25) is 4.34 Å². The molecule has 0 radical (unpaired) electrons. The maximum Gasteiger partial charge on any atom is 0.305 e. The van der Waals surface area contributed by atoms with E-state index in [9.17, 15) is 9.59 Å². The third-order valence-electron chi connectivity index (χ3n) is 2.58. The van der Waals surface area contributed by atoms with Crippen molar-refractivity contribution >= 4 is 40.9 Å². The molecule has 0 saturated heterocycles. The molecule has 0 fully saturated rings. The third kappa shape index (κ3) is 7.31. The van der Waals surface area contributed by atoms with Crippen molar-refractivity contribution < 1.29 is 14.3 Å². The van der Waals surface area contributed by atoms with Crippen LogP contribution in [0.15, 0.2) is 18.2 Å². The van der Waals surface area contributed by atoms with E-state index in [1.807, 2.05) is 6.07 Å². The minimum Gasteiger partial charge on any atom is -0.469 e. The van der Waals surface area contributed by atoms with Crippen LogP contribution >= 0.6 is 22.9 Å². The number of ether oxygens (including phenoxy) is 1. The molecule has 0 aliphatic rings. The molecule has 0 saturated carbocycles. The maximum atomic E-state index is 11.5. The molecule has 20 heavy (non-hydrogen) atoms. The van der Waals surface area contributed by atoms with Crippen molar-refractivity contribution in [3.05, 3.63) is 27.4 Å². The number of methoxy groups -OCH3 is 1. The number of halogens is 1. The Bertz CT molecular complexity index is 471. The Kier molecular flexibility index (Phi) is 7.99. The van der Waals surface area contributed by atoms with Gasteiger partial charge in [0.2, 0.25) is 5.91 Å². The molecule has 0 aliphatic heterocycles. The second kappa shape index (κ2) is 9.55. The van der Waals surface area contributed by atoms with Crippen molar-refractivity contribution in [1.29, 1.82) is 0 Å². The summed E-state index contributed by atoms with van der Waals surface area (Å²) in [5.41, 5.74) is 0. The van der Waals surface area contributed by atoms with Crippen LogP contribution in [-0.4, -0.2) is 25.5 Å². The van der Waals surface area contributed by atoms with Crippen LogP contribution in [0, 0.1) is 0 Å². The molecule has 0 atom stereocenters. The van der Waals surface area contributed by atoms with Gasteiger partial charge in [0.05, 0.1) is 11.4 Å². The molecule has 6 heteroatoms. The summed E-state index contributed by atoms with van der Waals surface area (Å²) < 4.78 is 5.25. The van der Waals surface area contributed by atoms with Gasteiger partial charge in [-0.3, -0.25) is 9.59 Å². The second-order valence-electron chi connectivity index (χ2n) is 4.15. The summed E-state index contributed by atoms with van der Waals surface area (Å²) in [5, 5.41) is 2.79. The molecule has 0 aliphatic carbocycles. The summed E-state index contributed by atoms with van der Waals surface area (Å²) in [4.78, 5) is 23.3. The first-order valence-corrected chi connectivity index (χ1v) is 7.59. The van der Waals surface area contributed by atoms with Gasteiger partial charge in [-0.1, -0.05) is 18.0 Å². The lowest BCUT2D eigenvalue weighted by atomic mass is 10.2. The molecule has 0 bridgehead atoms. The number of rotatable bonds is 8. The highest BCUT2D eigenvalue weighted by atomic mass is 35.5. The van der Waals surface area contributed by atoms with Gasteiger partial charge in [0.1, 0.15) is 0 Å². The highest BCUT2D eigenvalue weighted by Gasteiger charge is 2.00. The fourth-order valence-corrected chi connectivity index (χ4v) is 2.48. The maximum absolute atomic E-state index is 11.5. The summed E-state index contributed by atoms with van der Waals surface area (Å²) >= 11 is 7.22. The first-order valence-electron chi connectivity index (χ1n) is 6.40. The van der Waals surface area contributed by atoms with E-state index in [0.29, 0.717) is 17.3 Å². The minimum absolute atomic E-state index is 0.123. The number of hydrogen-bond acceptors (Lipinski definition) is 4. The average Bonchev–Trinajstić information content (AvgIpc) is 2.85. The number of hydrogen-bond donors (Lipinski definition) is 1. The highest BCUT2D eigenvalue weighted by molar-refractivity contribution is 7.17. The molecule has 1 aromatic rings. The quantitative estimate of drug-likeness (QED) is 0.455. The average molecular weight is 316 g/mol. The molecule has 1 aromatic heterocycles. The zero-order valence-electron chi connectivity index (χ0n) is 11.4. The van der Waals surface area contributed by atoms with Crippen LogP contribution in [-0.2, 0) is 14.3 Å². The number of esters is 1. The summed E-state index contributed by atoms with van der Waals surface area (Å²) in [6.45, 7) is 0.607. The predicted octanol–water partition coefficient (Wildman–Crippen LogP) is 3.26. The lowest BCUT2D eigenvalue weighted by molar-refractivity contribution is -0.140. The number of thiophene rings is 1. The van der Waals surface area contributed by atoms with Gasteiger partial charge in [-0.15, -0.1) is 11.3 Å². The molecule has 1 N–H and O–H groups in total. The van der Waals surface area contributed by atoms with Gasteiger partial charge in [-0.25, -0.2) is 0 Å². The smallest absolute Gasteiger partial charge is 0.305 e. The lowest BCUT2D eigenvalue weighted by Crippen LogP contribution is -2.21. The Morgan fingerprint density at radius 3 is 2.80 bits per heavy atom. The van der Waals surface area contributed by atoms with Crippen LogP contribution in [0.25, 0.3) is 6.08 Å². The molecule has 0 spiro atoms. The SMILES string of the molecule is COC(=O)CCCCCNC(=O)/C=C/c1ccc(Cl)s1. The lowest BCUT2D eigenvalue weighted by Gasteiger charge is -2.02.